The zero-order valence-corrected chi connectivity index (χ0v) is 13.7. The van der Waals surface area contributed by atoms with Gasteiger partial charge in [0.15, 0.2) is 0 Å². The van der Waals surface area contributed by atoms with Crippen LogP contribution in [0.4, 0.5) is 8.78 Å². The van der Waals surface area contributed by atoms with Gasteiger partial charge in [0.25, 0.3) is 0 Å². The second-order valence-corrected chi connectivity index (χ2v) is 6.63. The molecule has 2 N–H and O–H groups in total. The van der Waals surface area contributed by atoms with Gasteiger partial charge in [-0.25, -0.2) is 8.78 Å². The van der Waals surface area contributed by atoms with Gasteiger partial charge in [0, 0.05) is 24.5 Å². The molecule has 0 aliphatic heterocycles. The first-order valence-corrected chi connectivity index (χ1v) is 7.57. The van der Waals surface area contributed by atoms with E-state index in [4.69, 9.17) is 5.11 Å². The van der Waals surface area contributed by atoms with Gasteiger partial charge in [-0.2, -0.15) is 0 Å². The van der Waals surface area contributed by atoms with E-state index >= 15 is 0 Å². The summed E-state index contributed by atoms with van der Waals surface area (Å²) >= 11 is 0. The van der Waals surface area contributed by atoms with Crippen LogP contribution in [0.25, 0.3) is 0 Å². The number of hydrogen-bond donors (Lipinski definition) is 2. The van der Waals surface area contributed by atoms with Crippen molar-refractivity contribution in [2.75, 3.05) is 0 Å². The highest BCUT2D eigenvalue weighted by Gasteiger charge is 2.30. The number of rotatable bonds is 7. The quantitative estimate of drug-likeness (QED) is 0.748. The van der Waals surface area contributed by atoms with Crippen LogP contribution in [0.15, 0.2) is 18.2 Å². The molecule has 0 aliphatic carbocycles. The molecule has 1 unspecified atom stereocenters. The number of carboxylic acid groups (broad SMARTS) is 1. The van der Waals surface area contributed by atoms with E-state index in [1.165, 1.54) is 6.07 Å². The van der Waals surface area contributed by atoms with Gasteiger partial charge in [-0.05, 0) is 24.3 Å². The molecular weight excluding hydrogens is 304 g/mol. The number of hydrogen-bond acceptors (Lipinski definition) is 2. The number of aliphatic carboxylic acids is 1. The fourth-order valence-corrected chi connectivity index (χ4v) is 2.29. The summed E-state index contributed by atoms with van der Waals surface area (Å²) in [7, 11) is 0. The van der Waals surface area contributed by atoms with E-state index in [0.29, 0.717) is 12.8 Å². The van der Waals surface area contributed by atoms with Crippen molar-refractivity contribution in [2.24, 2.45) is 5.41 Å². The Morgan fingerprint density at radius 3 is 2.30 bits per heavy atom. The summed E-state index contributed by atoms with van der Waals surface area (Å²) in [5, 5.41) is 11.3. The van der Waals surface area contributed by atoms with Gasteiger partial charge in [-0.15, -0.1) is 0 Å². The van der Waals surface area contributed by atoms with Gasteiger partial charge in [-0.1, -0.05) is 26.8 Å². The Bertz CT molecular complexity index is 567. The topological polar surface area (TPSA) is 66.4 Å². The Labute approximate surface area is 134 Å². The first-order chi connectivity index (χ1) is 10.6. The maximum Gasteiger partial charge on any atom is 0.303 e. The summed E-state index contributed by atoms with van der Waals surface area (Å²) in [5.41, 5.74) is -0.229. The third-order valence-electron chi connectivity index (χ3n) is 3.49. The monoisotopic (exact) mass is 327 g/mol. The summed E-state index contributed by atoms with van der Waals surface area (Å²) in [4.78, 5) is 22.5. The van der Waals surface area contributed by atoms with Gasteiger partial charge in [0.05, 0.1) is 6.04 Å². The molecule has 1 aromatic rings. The van der Waals surface area contributed by atoms with Crippen LogP contribution in [0.5, 0.6) is 0 Å². The van der Waals surface area contributed by atoms with Crippen LogP contribution in [0, 0.1) is 17.0 Å². The van der Waals surface area contributed by atoms with Crippen molar-refractivity contribution in [3.05, 3.63) is 35.4 Å². The van der Waals surface area contributed by atoms with Crippen LogP contribution in [0.1, 0.15) is 58.1 Å². The van der Waals surface area contributed by atoms with Gasteiger partial charge in [-0.3, -0.25) is 9.59 Å². The van der Waals surface area contributed by atoms with Crippen LogP contribution in [-0.2, 0) is 9.59 Å². The van der Waals surface area contributed by atoms with E-state index in [0.717, 1.165) is 12.1 Å². The van der Waals surface area contributed by atoms with Gasteiger partial charge in [0.1, 0.15) is 11.6 Å². The van der Waals surface area contributed by atoms with Crippen molar-refractivity contribution < 1.29 is 23.5 Å². The van der Waals surface area contributed by atoms with E-state index < -0.39 is 29.1 Å². The normalized spacial score (nSPS) is 12.7. The second-order valence-electron chi connectivity index (χ2n) is 6.63. The molecule has 6 heteroatoms. The minimum atomic E-state index is -0.897. The molecule has 1 rings (SSSR count). The van der Waals surface area contributed by atoms with E-state index in [2.05, 4.69) is 5.32 Å². The maximum absolute atomic E-state index is 14.0. The summed E-state index contributed by atoms with van der Waals surface area (Å²) in [5.74, 6) is -2.54. The molecule has 0 spiro atoms. The van der Waals surface area contributed by atoms with Crippen molar-refractivity contribution >= 4 is 11.9 Å². The molecular formula is C17H23F2NO3. The average molecular weight is 327 g/mol. The van der Waals surface area contributed by atoms with E-state index in [1.807, 2.05) is 20.8 Å². The lowest BCUT2D eigenvalue weighted by Gasteiger charge is -2.32. The second kappa shape index (κ2) is 8.04. The van der Waals surface area contributed by atoms with Crippen molar-refractivity contribution in [1.82, 2.24) is 5.32 Å². The molecule has 1 amide bonds. The summed E-state index contributed by atoms with van der Waals surface area (Å²) in [6.45, 7) is 5.56. The lowest BCUT2D eigenvalue weighted by atomic mass is 9.82. The summed E-state index contributed by atoms with van der Waals surface area (Å²) in [6.07, 6.45) is 1.04. The average Bonchev–Trinajstić information content (AvgIpc) is 2.40. The fraction of sp³-hybridized carbons (Fsp3) is 0.529. The largest absolute Gasteiger partial charge is 0.481 e. The molecule has 0 radical (unpaired) electrons. The number of carbonyl (C=O) groups is 2. The van der Waals surface area contributed by atoms with Gasteiger partial charge < -0.3 is 10.4 Å². The number of nitrogens with one attached hydrogen (secondary N) is 1. The molecule has 0 saturated heterocycles. The number of carboxylic acids is 1. The van der Waals surface area contributed by atoms with Crippen LogP contribution in [0.3, 0.4) is 0 Å². The van der Waals surface area contributed by atoms with Crippen molar-refractivity contribution in [1.29, 1.82) is 0 Å². The Morgan fingerprint density at radius 1 is 1.17 bits per heavy atom. The van der Waals surface area contributed by atoms with Crippen LogP contribution < -0.4 is 5.32 Å². The fourth-order valence-electron chi connectivity index (χ4n) is 2.29. The van der Waals surface area contributed by atoms with Crippen molar-refractivity contribution in [2.45, 2.75) is 52.5 Å². The van der Waals surface area contributed by atoms with Gasteiger partial charge in [0.2, 0.25) is 5.91 Å². The molecule has 0 aliphatic rings. The van der Waals surface area contributed by atoms with E-state index in [-0.39, 0.29) is 24.3 Å². The zero-order valence-electron chi connectivity index (χ0n) is 13.7. The number of amides is 1. The standard InChI is InChI=1S/C17H23F2NO3/c1-17(2,3)16(12-9-8-11(18)10-13(12)19)20-14(21)6-4-5-7-15(22)23/h8-10,16H,4-7H2,1-3H3,(H,20,21)(H,22,23). The molecule has 0 saturated carbocycles. The predicted molar refractivity (Wildman–Crippen MR) is 82.8 cm³/mol. The van der Waals surface area contributed by atoms with Crippen molar-refractivity contribution in [3.8, 4) is 0 Å². The molecule has 1 atom stereocenters. The van der Waals surface area contributed by atoms with E-state index in [1.54, 1.807) is 0 Å². The first kappa shape index (κ1) is 19.1. The minimum Gasteiger partial charge on any atom is -0.481 e. The van der Waals surface area contributed by atoms with Crippen molar-refractivity contribution in [3.63, 3.8) is 0 Å². The highest BCUT2D eigenvalue weighted by Crippen LogP contribution is 2.34. The number of halogens is 2. The maximum atomic E-state index is 14.0. The molecule has 23 heavy (non-hydrogen) atoms. The zero-order chi connectivity index (χ0) is 17.6. The number of benzene rings is 1. The predicted octanol–water partition coefficient (Wildman–Crippen LogP) is 3.81. The third kappa shape index (κ3) is 6.34. The van der Waals surface area contributed by atoms with E-state index in [9.17, 15) is 18.4 Å². The lowest BCUT2D eigenvalue weighted by Crippen LogP contribution is -2.37. The molecule has 0 aromatic heterocycles. The Hall–Kier alpha value is -1.98. The summed E-state index contributed by atoms with van der Waals surface area (Å²) < 4.78 is 27.1. The molecule has 0 heterocycles. The van der Waals surface area contributed by atoms with Gasteiger partial charge >= 0.3 is 5.97 Å². The molecule has 128 valence electrons. The highest BCUT2D eigenvalue weighted by atomic mass is 19.1. The Kier molecular flexibility index (Phi) is 6.66. The highest BCUT2D eigenvalue weighted by molar-refractivity contribution is 5.76. The lowest BCUT2D eigenvalue weighted by molar-refractivity contribution is -0.137. The van der Waals surface area contributed by atoms with Crippen LogP contribution in [0.2, 0.25) is 0 Å². The smallest absolute Gasteiger partial charge is 0.303 e. The third-order valence-corrected chi connectivity index (χ3v) is 3.49. The molecule has 0 fully saturated rings. The van der Waals surface area contributed by atoms with Crippen LogP contribution >= 0.6 is 0 Å². The SMILES string of the molecule is CC(C)(C)C(NC(=O)CCCCC(=O)O)c1ccc(F)cc1F. The van der Waals surface area contributed by atoms with Crippen LogP contribution in [-0.4, -0.2) is 17.0 Å². The first-order valence-electron chi connectivity index (χ1n) is 7.57. The minimum absolute atomic E-state index is 0.0164. The molecule has 0 bridgehead atoms. The Balaban J connectivity index is 2.76. The molecule has 1 aromatic carbocycles. The Morgan fingerprint density at radius 2 is 1.78 bits per heavy atom. The number of unbranched alkanes of at least 4 members (excludes halogenated alkanes) is 1. The summed E-state index contributed by atoms with van der Waals surface area (Å²) in [6, 6.07) is 2.70. The number of carbonyl (C=O) groups excluding carboxylic acids is 1. The molecule has 4 nitrogen and oxygen atoms in total.